The first-order chi connectivity index (χ1) is 17.8. The van der Waals surface area contributed by atoms with E-state index in [-0.39, 0.29) is 0 Å². The summed E-state index contributed by atoms with van der Waals surface area (Å²) in [5.74, 6) is 0.947. The van der Waals surface area contributed by atoms with E-state index in [1.165, 1.54) is 58.8 Å². The third-order valence-corrected chi connectivity index (χ3v) is 6.96. The number of aromatic nitrogens is 1. The van der Waals surface area contributed by atoms with Gasteiger partial charge in [-0.25, -0.2) is 0 Å². The summed E-state index contributed by atoms with van der Waals surface area (Å²) in [7, 11) is 0. The molecule has 2 heteroatoms. The minimum Gasteiger partial charge on any atom is -0.494 e. The van der Waals surface area contributed by atoms with E-state index in [2.05, 4.69) is 110 Å². The minimum absolute atomic E-state index is 0.763. The molecule has 0 N–H and O–H groups in total. The van der Waals surface area contributed by atoms with Crippen molar-refractivity contribution >= 4 is 23.1 Å². The number of ether oxygens (including phenoxy) is 1. The van der Waals surface area contributed by atoms with Crippen LogP contribution in [0.3, 0.4) is 0 Å². The number of rotatable bonds is 14. The van der Waals surface area contributed by atoms with E-state index in [1.807, 2.05) is 0 Å². The first-order valence-electron chi connectivity index (χ1n) is 13.8. The van der Waals surface area contributed by atoms with Gasteiger partial charge < -0.3 is 9.30 Å². The molecular formula is C34H41NO. The number of hydrogen-bond acceptors (Lipinski definition) is 1. The first-order valence-corrected chi connectivity index (χ1v) is 13.8. The lowest BCUT2D eigenvalue weighted by Gasteiger charge is -2.07. The Bertz CT molecular complexity index is 1220. The summed E-state index contributed by atoms with van der Waals surface area (Å²) >= 11 is 0. The van der Waals surface area contributed by atoms with Crippen LogP contribution in [0.2, 0.25) is 0 Å². The number of hydrogen-bond donors (Lipinski definition) is 0. The smallest absolute Gasteiger partial charge is 0.119 e. The predicted molar refractivity (Wildman–Crippen MR) is 156 cm³/mol. The van der Waals surface area contributed by atoms with Crippen molar-refractivity contribution < 1.29 is 4.74 Å². The lowest BCUT2D eigenvalue weighted by atomic mass is 10.0. The molecule has 0 aliphatic heterocycles. The van der Waals surface area contributed by atoms with E-state index in [4.69, 9.17) is 4.74 Å². The number of unbranched alkanes of at least 4 members (excludes halogenated alkanes) is 4. The van der Waals surface area contributed by atoms with Gasteiger partial charge in [-0.2, -0.15) is 0 Å². The molecule has 4 aromatic rings. The van der Waals surface area contributed by atoms with Crippen LogP contribution in [0.1, 0.15) is 74.6 Å². The van der Waals surface area contributed by atoms with Gasteiger partial charge in [0.1, 0.15) is 5.75 Å². The van der Waals surface area contributed by atoms with E-state index in [9.17, 15) is 0 Å². The summed E-state index contributed by atoms with van der Waals surface area (Å²) in [5.41, 5.74) is 6.70. The van der Waals surface area contributed by atoms with Crippen molar-refractivity contribution in [3.8, 4) is 5.75 Å². The Morgan fingerprint density at radius 3 is 2.36 bits per heavy atom. The Morgan fingerprint density at radius 1 is 0.750 bits per heavy atom. The fourth-order valence-corrected chi connectivity index (χ4v) is 4.90. The summed E-state index contributed by atoms with van der Waals surface area (Å²) in [6.07, 6.45) is 16.4. The monoisotopic (exact) mass is 479 g/mol. The molecule has 0 aliphatic rings. The van der Waals surface area contributed by atoms with Gasteiger partial charge in [0, 0.05) is 23.6 Å². The molecule has 2 nitrogen and oxygen atoms in total. The van der Waals surface area contributed by atoms with Crippen LogP contribution < -0.4 is 4.74 Å². The molecule has 1 aromatic heterocycles. The van der Waals surface area contributed by atoms with Crippen LogP contribution in [0, 0.1) is 0 Å². The van der Waals surface area contributed by atoms with Crippen LogP contribution in [0.5, 0.6) is 5.75 Å². The van der Waals surface area contributed by atoms with E-state index in [0.717, 1.165) is 44.6 Å². The Morgan fingerprint density at radius 2 is 1.58 bits per heavy atom. The van der Waals surface area contributed by atoms with Gasteiger partial charge in [-0.15, -0.1) is 0 Å². The minimum atomic E-state index is 0.763. The van der Waals surface area contributed by atoms with Gasteiger partial charge in [-0.3, -0.25) is 0 Å². The lowest BCUT2D eigenvalue weighted by Crippen LogP contribution is -1.98. The fraction of sp³-hybridized carbons (Fsp3) is 0.353. The van der Waals surface area contributed by atoms with E-state index >= 15 is 0 Å². The highest BCUT2D eigenvalue weighted by Crippen LogP contribution is 2.28. The second-order valence-corrected chi connectivity index (χ2v) is 9.70. The summed E-state index contributed by atoms with van der Waals surface area (Å²) in [6.45, 7) is 6.40. The molecule has 0 amide bonds. The zero-order valence-electron chi connectivity index (χ0n) is 22.1. The molecule has 0 fully saturated rings. The molecule has 0 bridgehead atoms. The number of fused-ring (bicyclic) bond motifs is 1. The van der Waals surface area contributed by atoms with Gasteiger partial charge in [0.2, 0.25) is 0 Å². The van der Waals surface area contributed by atoms with E-state index in [1.54, 1.807) is 0 Å². The summed E-state index contributed by atoms with van der Waals surface area (Å²) in [5, 5.41) is 1.40. The highest BCUT2D eigenvalue weighted by Gasteiger charge is 2.10. The van der Waals surface area contributed by atoms with Gasteiger partial charge in [-0.1, -0.05) is 99.9 Å². The van der Waals surface area contributed by atoms with E-state index in [0.29, 0.717) is 0 Å². The third kappa shape index (κ3) is 7.13. The standard InChI is InChI=1S/C34H41NO/c1-3-5-6-11-25-35-27-30(4-2)34-31(17-13-18-33(34)35)22-19-29-20-23-32(24-21-29)36-26-12-10-16-28-14-8-7-9-15-28/h7-9,13-15,17-24,27H,3-6,10-12,16,25-26H2,1-2H3/b22-19+. The molecule has 36 heavy (non-hydrogen) atoms. The highest BCUT2D eigenvalue weighted by atomic mass is 16.5. The zero-order chi connectivity index (χ0) is 25.0. The normalized spacial score (nSPS) is 11.5. The van der Waals surface area contributed by atoms with Crippen LogP contribution in [0.25, 0.3) is 23.1 Å². The Balaban J connectivity index is 1.34. The van der Waals surface area contributed by atoms with Gasteiger partial charge in [0.25, 0.3) is 0 Å². The molecule has 0 saturated carbocycles. The van der Waals surface area contributed by atoms with Crippen LogP contribution in [0.15, 0.2) is 79.0 Å². The molecule has 1 heterocycles. The van der Waals surface area contributed by atoms with Crippen molar-refractivity contribution in [1.82, 2.24) is 4.57 Å². The van der Waals surface area contributed by atoms with Gasteiger partial charge >= 0.3 is 0 Å². The van der Waals surface area contributed by atoms with Gasteiger partial charge in [-0.05, 0) is 72.6 Å². The molecule has 3 aromatic carbocycles. The largest absolute Gasteiger partial charge is 0.494 e. The number of aryl methyl sites for hydroxylation is 3. The lowest BCUT2D eigenvalue weighted by molar-refractivity contribution is 0.307. The maximum absolute atomic E-state index is 5.97. The van der Waals surface area contributed by atoms with Crippen molar-refractivity contribution in [3.63, 3.8) is 0 Å². The van der Waals surface area contributed by atoms with Crippen LogP contribution >= 0.6 is 0 Å². The topological polar surface area (TPSA) is 14.2 Å². The van der Waals surface area contributed by atoms with Crippen LogP contribution in [-0.2, 0) is 19.4 Å². The van der Waals surface area contributed by atoms with Crippen molar-refractivity contribution in [1.29, 1.82) is 0 Å². The molecule has 0 saturated heterocycles. The average molecular weight is 480 g/mol. The second-order valence-electron chi connectivity index (χ2n) is 9.70. The van der Waals surface area contributed by atoms with Crippen LogP contribution in [-0.4, -0.2) is 11.2 Å². The summed E-state index contributed by atoms with van der Waals surface area (Å²) in [6, 6.07) is 25.9. The SMILES string of the molecule is CCCCCCn1cc(CC)c2c(/C=C/c3ccc(OCCCCc4ccccc4)cc3)cccc21. The predicted octanol–water partition coefficient (Wildman–Crippen LogP) is 9.36. The number of nitrogens with zero attached hydrogens (tertiary/aromatic N) is 1. The molecule has 0 unspecified atom stereocenters. The molecule has 0 atom stereocenters. The van der Waals surface area contributed by atoms with Crippen LogP contribution in [0.4, 0.5) is 0 Å². The molecule has 4 rings (SSSR count). The molecular weight excluding hydrogens is 438 g/mol. The van der Waals surface area contributed by atoms with Crippen molar-refractivity contribution in [2.45, 2.75) is 71.8 Å². The van der Waals surface area contributed by atoms with Gasteiger partial charge in [0.15, 0.2) is 0 Å². The van der Waals surface area contributed by atoms with E-state index < -0.39 is 0 Å². The third-order valence-electron chi connectivity index (χ3n) is 6.96. The van der Waals surface area contributed by atoms with Crippen molar-refractivity contribution in [2.75, 3.05) is 6.61 Å². The highest BCUT2D eigenvalue weighted by molar-refractivity contribution is 5.94. The maximum atomic E-state index is 5.97. The Labute approximate surface area is 217 Å². The van der Waals surface area contributed by atoms with Gasteiger partial charge in [0.05, 0.1) is 6.61 Å². The average Bonchev–Trinajstić information content (AvgIpc) is 3.29. The maximum Gasteiger partial charge on any atom is 0.119 e. The number of benzene rings is 3. The quantitative estimate of drug-likeness (QED) is 0.130. The second kappa shape index (κ2) is 13.7. The summed E-state index contributed by atoms with van der Waals surface area (Å²) in [4.78, 5) is 0. The van der Waals surface area contributed by atoms with Crippen molar-refractivity contribution in [2.24, 2.45) is 0 Å². The molecule has 0 aliphatic carbocycles. The molecule has 0 radical (unpaired) electrons. The first kappa shape index (κ1) is 25.8. The summed E-state index contributed by atoms with van der Waals surface area (Å²) < 4.78 is 8.44. The Hall–Kier alpha value is -3.26. The zero-order valence-corrected chi connectivity index (χ0v) is 22.1. The Kier molecular flexibility index (Phi) is 9.85. The molecule has 188 valence electrons. The fourth-order valence-electron chi connectivity index (χ4n) is 4.90. The molecule has 0 spiro atoms. The van der Waals surface area contributed by atoms with Crippen molar-refractivity contribution in [3.05, 3.63) is 101 Å².